The maximum Gasteiger partial charge on any atom is 0.246 e. The molecule has 0 aromatic rings. The Hall–Kier alpha value is -2.50. The molecule has 2 aliphatic rings. The van der Waals surface area contributed by atoms with Gasteiger partial charge in [0.05, 0.1) is 0 Å². The Morgan fingerprint density at radius 3 is 2.12 bits per heavy atom. The first-order valence-electron chi connectivity index (χ1n) is 8.09. The van der Waals surface area contributed by atoms with Gasteiger partial charge in [0.2, 0.25) is 11.8 Å². The number of carbonyl (C=O) groups is 2. The van der Waals surface area contributed by atoms with Crippen LogP contribution in [-0.4, -0.2) is 40.2 Å². The summed E-state index contributed by atoms with van der Waals surface area (Å²) in [7, 11) is 0. The van der Waals surface area contributed by atoms with Gasteiger partial charge in [0, 0.05) is 42.2 Å². The number of rotatable bonds is 4. The first-order valence-corrected chi connectivity index (χ1v) is 8.09. The molecule has 0 unspecified atom stereocenters. The fourth-order valence-electron chi connectivity index (χ4n) is 2.15. The van der Waals surface area contributed by atoms with Crippen LogP contribution in [0.3, 0.4) is 0 Å². The minimum atomic E-state index is -0.329. The van der Waals surface area contributed by atoms with Gasteiger partial charge in [0.1, 0.15) is 0 Å². The summed E-state index contributed by atoms with van der Waals surface area (Å²) < 4.78 is 0. The lowest BCUT2D eigenvalue weighted by Crippen LogP contribution is -2.32. The van der Waals surface area contributed by atoms with Gasteiger partial charge in [-0.15, -0.1) is 0 Å². The zero-order valence-corrected chi connectivity index (χ0v) is 14.9. The van der Waals surface area contributed by atoms with E-state index in [4.69, 9.17) is 11.5 Å². The van der Waals surface area contributed by atoms with Crippen LogP contribution < -0.4 is 11.5 Å². The van der Waals surface area contributed by atoms with Gasteiger partial charge in [0.15, 0.2) is 0 Å². The molecular weight excluding hydrogens is 304 g/mol. The minimum absolute atomic E-state index is 0.329. The quantitative estimate of drug-likeness (QED) is 0.818. The van der Waals surface area contributed by atoms with E-state index < -0.39 is 0 Å². The zero-order chi connectivity index (χ0) is 18.3. The van der Waals surface area contributed by atoms with E-state index in [1.54, 1.807) is 6.08 Å². The van der Waals surface area contributed by atoms with Crippen molar-refractivity contribution < 1.29 is 9.59 Å². The van der Waals surface area contributed by atoms with E-state index in [1.807, 2.05) is 35.7 Å². The Labute approximate surface area is 144 Å². The Morgan fingerprint density at radius 2 is 1.62 bits per heavy atom. The number of hydrogen-bond donors (Lipinski definition) is 2. The third-order valence-electron chi connectivity index (χ3n) is 3.74. The summed E-state index contributed by atoms with van der Waals surface area (Å²) in [5.74, 6) is -0.657. The lowest BCUT2D eigenvalue weighted by molar-refractivity contribution is -0.115. The number of nitrogens with zero attached hydrogens (tertiary/aromatic N) is 2. The molecule has 2 rings (SSSR count). The molecule has 0 fully saturated rings. The molecule has 0 bridgehead atoms. The van der Waals surface area contributed by atoms with Crippen LogP contribution in [0.2, 0.25) is 0 Å². The molecule has 0 saturated carbocycles. The third kappa shape index (κ3) is 5.95. The van der Waals surface area contributed by atoms with Gasteiger partial charge >= 0.3 is 0 Å². The van der Waals surface area contributed by atoms with Crippen LogP contribution >= 0.6 is 0 Å². The summed E-state index contributed by atoms with van der Waals surface area (Å²) in [6.07, 6.45) is 12.0. The number of allylic oxidation sites excluding steroid dienone is 3. The van der Waals surface area contributed by atoms with Gasteiger partial charge in [-0.1, -0.05) is 12.2 Å². The van der Waals surface area contributed by atoms with Crippen LogP contribution in [-0.2, 0) is 9.59 Å². The smallest absolute Gasteiger partial charge is 0.246 e. The van der Waals surface area contributed by atoms with Crippen molar-refractivity contribution >= 4 is 11.8 Å². The van der Waals surface area contributed by atoms with E-state index in [-0.39, 0.29) is 11.8 Å². The zero-order valence-electron chi connectivity index (χ0n) is 14.9. The highest BCUT2D eigenvalue weighted by Crippen LogP contribution is 2.13. The molecule has 2 aliphatic heterocycles. The second kappa shape index (κ2) is 8.96. The van der Waals surface area contributed by atoms with E-state index in [9.17, 15) is 9.59 Å². The van der Waals surface area contributed by atoms with Crippen LogP contribution in [0.1, 0.15) is 34.1 Å². The average Bonchev–Trinajstić information content (AvgIpc) is 2.55. The molecule has 4 N–H and O–H groups in total. The second-order valence-electron chi connectivity index (χ2n) is 6.31. The van der Waals surface area contributed by atoms with Crippen LogP contribution in [0.25, 0.3) is 0 Å². The molecule has 0 saturated heterocycles. The summed E-state index contributed by atoms with van der Waals surface area (Å²) in [5, 5.41) is 0. The maximum atomic E-state index is 10.8. The van der Waals surface area contributed by atoms with Crippen molar-refractivity contribution in [1.29, 1.82) is 0 Å². The van der Waals surface area contributed by atoms with Gasteiger partial charge in [0.25, 0.3) is 0 Å². The van der Waals surface area contributed by atoms with E-state index in [0.717, 1.165) is 0 Å². The largest absolute Gasteiger partial charge is 0.370 e. The number of carbonyl (C=O) groups excluding carboxylic acids is 2. The Morgan fingerprint density at radius 1 is 1.00 bits per heavy atom. The molecule has 0 aromatic heterocycles. The molecule has 2 amide bonds. The van der Waals surface area contributed by atoms with Crippen molar-refractivity contribution in [3.8, 4) is 0 Å². The minimum Gasteiger partial charge on any atom is -0.370 e. The van der Waals surface area contributed by atoms with E-state index in [0.29, 0.717) is 36.2 Å². The molecule has 0 atom stereocenters. The Balaban J connectivity index is 0.000000240. The van der Waals surface area contributed by atoms with Gasteiger partial charge in [-0.3, -0.25) is 9.59 Å². The van der Waals surface area contributed by atoms with Crippen LogP contribution in [0.15, 0.2) is 48.0 Å². The predicted molar refractivity (Wildman–Crippen MR) is 96.3 cm³/mol. The van der Waals surface area contributed by atoms with Crippen molar-refractivity contribution in [1.82, 2.24) is 9.80 Å². The first kappa shape index (κ1) is 19.5. The van der Waals surface area contributed by atoms with Gasteiger partial charge in [-0.25, -0.2) is 0 Å². The second-order valence-corrected chi connectivity index (χ2v) is 6.31. The van der Waals surface area contributed by atoms with Crippen molar-refractivity contribution in [2.45, 2.75) is 46.2 Å². The normalized spacial score (nSPS) is 16.6. The van der Waals surface area contributed by atoms with Crippen molar-refractivity contribution in [2.24, 2.45) is 11.5 Å². The van der Waals surface area contributed by atoms with Crippen LogP contribution in [0, 0.1) is 0 Å². The third-order valence-corrected chi connectivity index (χ3v) is 3.74. The fourth-order valence-corrected chi connectivity index (χ4v) is 2.15. The molecule has 6 heteroatoms. The summed E-state index contributed by atoms with van der Waals surface area (Å²) in [6.45, 7) is 8.90. The maximum absolute atomic E-state index is 10.8. The number of primary amides is 2. The molecule has 2 heterocycles. The first-order chi connectivity index (χ1) is 11.2. The lowest BCUT2D eigenvalue weighted by Gasteiger charge is -2.27. The summed E-state index contributed by atoms with van der Waals surface area (Å²) in [5.41, 5.74) is 11.7. The standard InChI is InChI=1S/2C9H14N2O/c2*1-7(2)11-5-3-4-8(6-11)9(10)12/h3,5-7H,4H2,1-2H3,(H2,10,12);3-5,7H,6H2,1-2H3,(H2,10,12). The highest BCUT2D eigenvalue weighted by atomic mass is 16.1. The number of nitrogens with two attached hydrogens (primary N) is 2. The van der Waals surface area contributed by atoms with Crippen molar-refractivity contribution in [3.63, 3.8) is 0 Å². The fraction of sp³-hybridized carbons (Fsp3) is 0.444. The summed E-state index contributed by atoms with van der Waals surface area (Å²) >= 11 is 0. The molecule has 0 radical (unpaired) electrons. The van der Waals surface area contributed by atoms with Gasteiger partial charge in [-0.05, 0) is 46.4 Å². The Bertz CT molecular complexity index is 586. The van der Waals surface area contributed by atoms with E-state index >= 15 is 0 Å². The highest BCUT2D eigenvalue weighted by molar-refractivity contribution is 5.93. The van der Waals surface area contributed by atoms with Crippen LogP contribution in [0.4, 0.5) is 0 Å². The average molecular weight is 332 g/mol. The highest BCUT2D eigenvalue weighted by Gasteiger charge is 2.13. The van der Waals surface area contributed by atoms with Crippen molar-refractivity contribution in [2.75, 3.05) is 6.54 Å². The van der Waals surface area contributed by atoms with Gasteiger partial charge < -0.3 is 21.3 Å². The Kier molecular flexibility index (Phi) is 7.30. The molecule has 6 nitrogen and oxygen atoms in total. The molecule has 0 aliphatic carbocycles. The van der Waals surface area contributed by atoms with Crippen molar-refractivity contribution in [3.05, 3.63) is 48.0 Å². The molecule has 24 heavy (non-hydrogen) atoms. The van der Waals surface area contributed by atoms with E-state index in [1.165, 1.54) is 0 Å². The monoisotopic (exact) mass is 332 g/mol. The SMILES string of the molecule is CC(C)N1C=CC=C(C(N)=O)C1.CC(C)N1C=CCC(C(N)=O)=C1. The number of hydrogen-bond acceptors (Lipinski definition) is 4. The van der Waals surface area contributed by atoms with E-state index in [2.05, 4.69) is 32.6 Å². The summed E-state index contributed by atoms with van der Waals surface area (Å²) in [6, 6.07) is 0.778. The lowest BCUT2D eigenvalue weighted by atomic mass is 10.1. The molecule has 0 aromatic carbocycles. The molecule has 132 valence electrons. The molecular formula is C18H28N4O2. The van der Waals surface area contributed by atoms with Crippen LogP contribution in [0.5, 0.6) is 0 Å². The topological polar surface area (TPSA) is 92.7 Å². The number of amides is 2. The summed E-state index contributed by atoms with van der Waals surface area (Å²) in [4.78, 5) is 25.7. The molecule has 0 spiro atoms. The van der Waals surface area contributed by atoms with Gasteiger partial charge in [-0.2, -0.15) is 0 Å². The predicted octanol–water partition coefficient (Wildman–Crippen LogP) is 1.62.